The summed E-state index contributed by atoms with van der Waals surface area (Å²) in [6.07, 6.45) is 6.08. The first kappa shape index (κ1) is 21.8. The van der Waals surface area contributed by atoms with Gasteiger partial charge in [-0.2, -0.15) is 0 Å². The Kier molecular flexibility index (Phi) is 7.32. The Balaban J connectivity index is 0.00000240. The molecule has 2 aliphatic rings. The Labute approximate surface area is 190 Å². The van der Waals surface area contributed by atoms with Crippen molar-refractivity contribution in [3.05, 3.63) is 53.9 Å². The average molecular weight is 506 g/mol. The van der Waals surface area contributed by atoms with Crippen LogP contribution in [0.4, 0.5) is 5.95 Å². The molecule has 0 spiro atoms. The number of hydrogen-bond donors (Lipinski definition) is 1. The number of halogens is 1. The minimum atomic E-state index is 0. The molecule has 0 unspecified atom stereocenters. The van der Waals surface area contributed by atoms with Crippen LogP contribution >= 0.6 is 24.0 Å². The van der Waals surface area contributed by atoms with Gasteiger partial charge in [0.25, 0.3) is 0 Å². The third-order valence-electron chi connectivity index (χ3n) is 5.85. The summed E-state index contributed by atoms with van der Waals surface area (Å²) in [4.78, 5) is 18.4. The van der Waals surface area contributed by atoms with Crippen molar-refractivity contribution in [2.45, 2.75) is 32.1 Å². The van der Waals surface area contributed by atoms with E-state index in [0.29, 0.717) is 0 Å². The number of piperazine rings is 1. The average Bonchev–Trinajstić information content (AvgIpc) is 3.53. The Morgan fingerprint density at radius 2 is 1.76 bits per heavy atom. The number of aromatic nitrogens is 2. The van der Waals surface area contributed by atoms with Gasteiger partial charge >= 0.3 is 0 Å². The molecule has 7 heteroatoms. The Morgan fingerprint density at radius 1 is 1.07 bits per heavy atom. The minimum Gasteiger partial charge on any atom is -0.357 e. The van der Waals surface area contributed by atoms with Crippen molar-refractivity contribution in [3.8, 4) is 0 Å². The molecule has 0 atom stereocenters. The van der Waals surface area contributed by atoms with Crippen molar-refractivity contribution in [2.24, 2.45) is 4.99 Å². The van der Waals surface area contributed by atoms with Gasteiger partial charge in [-0.05, 0) is 43.9 Å². The monoisotopic (exact) mass is 506 g/mol. The van der Waals surface area contributed by atoms with Crippen LogP contribution in [0.15, 0.2) is 47.7 Å². The van der Waals surface area contributed by atoms with Crippen LogP contribution in [0.25, 0.3) is 0 Å². The molecule has 6 nitrogen and oxygen atoms in total. The van der Waals surface area contributed by atoms with Crippen molar-refractivity contribution in [2.75, 3.05) is 44.2 Å². The van der Waals surface area contributed by atoms with Gasteiger partial charge in [0.05, 0.1) is 6.54 Å². The van der Waals surface area contributed by atoms with E-state index in [4.69, 9.17) is 4.99 Å². The smallest absolute Gasteiger partial charge is 0.225 e. The van der Waals surface area contributed by atoms with Crippen molar-refractivity contribution >= 4 is 35.9 Å². The van der Waals surface area contributed by atoms with Crippen LogP contribution in [-0.2, 0) is 5.41 Å². The van der Waals surface area contributed by atoms with Gasteiger partial charge in [-0.15, -0.1) is 24.0 Å². The quantitative estimate of drug-likeness (QED) is 0.384. The number of guanidine groups is 1. The first-order chi connectivity index (χ1) is 13.7. The molecule has 0 amide bonds. The summed E-state index contributed by atoms with van der Waals surface area (Å²) in [6, 6.07) is 10.6. The van der Waals surface area contributed by atoms with Gasteiger partial charge in [-0.3, -0.25) is 4.99 Å². The number of aliphatic imine (C=N–C) groups is 1. The van der Waals surface area contributed by atoms with E-state index in [1.807, 2.05) is 6.07 Å². The lowest BCUT2D eigenvalue weighted by Gasteiger charge is -2.36. The van der Waals surface area contributed by atoms with Gasteiger partial charge in [0, 0.05) is 50.5 Å². The van der Waals surface area contributed by atoms with E-state index in [9.17, 15) is 0 Å². The van der Waals surface area contributed by atoms with Gasteiger partial charge in [0.2, 0.25) is 5.95 Å². The summed E-state index contributed by atoms with van der Waals surface area (Å²) in [5.74, 6) is 1.86. The van der Waals surface area contributed by atoms with Crippen LogP contribution < -0.4 is 10.2 Å². The molecule has 0 bridgehead atoms. The molecular formula is C22H31IN6. The fourth-order valence-corrected chi connectivity index (χ4v) is 4.06. The first-order valence-electron chi connectivity index (χ1n) is 10.3. The molecule has 1 aliphatic carbocycles. The standard InChI is InChI=1S/C22H30N6.HI/c1-3-23-20(26-17-22(9-10-22)19-8-5-4-7-18(19)2)27-13-15-28(16-14-27)21-24-11-6-12-25-21;/h4-8,11-12H,3,9-10,13-17H2,1-2H3,(H,23,26);1H. The molecule has 2 fully saturated rings. The van der Waals surface area contributed by atoms with Crippen molar-refractivity contribution < 1.29 is 0 Å². The second-order valence-electron chi connectivity index (χ2n) is 7.79. The summed E-state index contributed by atoms with van der Waals surface area (Å²) < 4.78 is 0. The molecule has 29 heavy (non-hydrogen) atoms. The van der Waals surface area contributed by atoms with Gasteiger partial charge in [0.15, 0.2) is 5.96 Å². The molecule has 1 aromatic heterocycles. The normalized spacial score (nSPS) is 18.2. The lowest BCUT2D eigenvalue weighted by Crippen LogP contribution is -2.53. The molecule has 1 N–H and O–H groups in total. The number of nitrogens with zero attached hydrogens (tertiary/aromatic N) is 5. The van der Waals surface area contributed by atoms with Crippen LogP contribution in [0.5, 0.6) is 0 Å². The van der Waals surface area contributed by atoms with Gasteiger partial charge < -0.3 is 15.1 Å². The molecular weight excluding hydrogens is 475 g/mol. The third kappa shape index (κ3) is 4.99. The van der Waals surface area contributed by atoms with E-state index in [0.717, 1.165) is 51.2 Å². The predicted octanol–water partition coefficient (Wildman–Crippen LogP) is 3.22. The highest BCUT2D eigenvalue weighted by Crippen LogP contribution is 2.49. The highest BCUT2D eigenvalue weighted by atomic mass is 127. The second kappa shape index (κ2) is 9.73. The second-order valence-corrected chi connectivity index (χ2v) is 7.79. The molecule has 1 saturated heterocycles. The van der Waals surface area contributed by atoms with Crippen LogP contribution in [0, 0.1) is 6.92 Å². The summed E-state index contributed by atoms with van der Waals surface area (Å²) in [5, 5.41) is 3.50. The Bertz CT molecular complexity index is 813. The zero-order valence-electron chi connectivity index (χ0n) is 17.3. The van der Waals surface area contributed by atoms with Crippen LogP contribution in [0.3, 0.4) is 0 Å². The molecule has 1 aliphatic heterocycles. The van der Waals surface area contributed by atoms with E-state index in [-0.39, 0.29) is 29.4 Å². The fourth-order valence-electron chi connectivity index (χ4n) is 4.06. The van der Waals surface area contributed by atoms with Crippen LogP contribution in [0.2, 0.25) is 0 Å². The van der Waals surface area contributed by atoms with Crippen molar-refractivity contribution in [1.29, 1.82) is 0 Å². The van der Waals surface area contributed by atoms with Crippen molar-refractivity contribution in [3.63, 3.8) is 0 Å². The highest BCUT2D eigenvalue weighted by Gasteiger charge is 2.45. The Morgan fingerprint density at radius 3 is 2.38 bits per heavy atom. The lowest BCUT2D eigenvalue weighted by atomic mass is 9.92. The molecule has 0 radical (unpaired) electrons. The van der Waals surface area contributed by atoms with E-state index >= 15 is 0 Å². The SMILES string of the molecule is CCNC(=NCC1(c2ccccc2C)CC1)N1CCN(c2ncccn2)CC1.I. The number of aryl methyl sites for hydroxylation is 1. The van der Waals surface area contributed by atoms with E-state index in [1.54, 1.807) is 12.4 Å². The Hall–Kier alpha value is -1.90. The maximum atomic E-state index is 5.07. The zero-order chi connectivity index (χ0) is 19.4. The number of hydrogen-bond acceptors (Lipinski definition) is 4. The number of nitrogens with one attached hydrogen (secondary N) is 1. The molecule has 1 saturated carbocycles. The zero-order valence-corrected chi connectivity index (χ0v) is 19.7. The molecule has 156 valence electrons. The number of benzene rings is 1. The summed E-state index contributed by atoms with van der Waals surface area (Å²) in [5.41, 5.74) is 3.10. The minimum absolute atomic E-state index is 0. The predicted molar refractivity (Wildman–Crippen MR) is 129 cm³/mol. The fraction of sp³-hybridized carbons (Fsp3) is 0.500. The van der Waals surface area contributed by atoms with E-state index in [1.165, 1.54) is 24.0 Å². The highest BCUT2D eigenvalue weighted by molar-refractivity contribution is 14.0. The molecule has 2 heterocycles. The largest absolute Gasteiger partial charge is 0.357 e. The number of anilines is 1. The van der Waals surface area contributed by atoms with E-state index < -0.39 is 0 Å². The third-order valence-corrected chi connectivity index (χ3v) is 5.85. The first-order valence-corrected chi connectivity index (χ1v) is 10.3. The van der Waals surface area contributed by atoms with Crippen LogP contribution in [0.1, 0.15) is 30.9 Å². The number of rotatable bonds is 5. The lowest BCUT2D eigenvalue weighted by molar-refractivity contribution is 0.369. The summed E-state index contributed by atoms with van der Waals surface area (Å²) in [6.45, 7) is 9.80. The van der Waals surface area contributed by atoms with Crippen molar-refractivity contribution in [1.82, 2.24) is 20.2 Å². The van der Waals surface area contributed by atoms with Gasteiger partial charge in [-0.25, -0.2) is 9.97 Å². The maximum absolute atomic E-state index is 5.07. The summed E-state index contributed by atoms with van der Waals surface area (Å²) in [7, 11) is 0. The molecule has 1 aromatic carbocycles. The van der Waals surface area contributed by atoms with Crippen LogP contribution in [-0.4, -0.2) is 60.1 Å². The molecule has 4 rings (SSSR count). The van der Waals surface area contributed by atoms with E-state index in [2.05, 4.69) is 63.2 Å². The van der Waals surface area contributed by atoms with Gasteiger partial charge in [-0.1, -0.05) is 24.3 Å². The summed E-state index contributed by atoms with van der Waals surface area (Å²) >= 11 is 0. The van der Waals surface area contributed by atoms with Gasteiger partial charge in [0.1, 0.15) is 0 Å². The molecule has 2 aromatic rings. The maximum Gasteiger partial charge on any atom is 0.225 e. The topological polar surface area (TPSA) is 56.7 Å².